The van der Waals surface area contributed by atoms with Gasteiger partial charge >= 0.3 is 5.97 Å². The molecule has 0 saturated carbocycles. The lowest BCUT2D eigenvalue weighted by Crippen LogP contribution is -2.39. The van der Waals surface area contributed by atoms with Crippen LogP contribution in [-0.4, -0.2) is 60.9 Å². The number of ether oxygens (including phenoxy) is 1. The van der Waals surface area contributed by atoms with Gasteiger partial charge in [0.15, 0.2) is 5.69 Å². The van der Waals surface area contributed by atoms with Crippen LogP contribution in [0, 0.1) is 5.92 Å². The number of aromatic nitrogens is 1. The number of aromatic carboxylic acids is 1. The summed E-state index contributed by atoms with van der Waals surface area (Å²) >= 11 is 0. The molecule has 1 unspecified atom stereocenters. The zero-order valence-corrected chi connectivity index (χ0v) is 11.7. The van der Waals surface area contributed by atoms with Crippen LogP contribution in [-0.2, 0) is 4.74 Å². The third-order valence-corrected chi connectivity index (χ3v) is 3.48. The Balaban J connectivity index is 1.76. The van der Waals surface area contributed by atoms with Crippen LogP contribution < -0.4 is 5.32 Å². The van der Waals surface area contributed by atoms with Gasteiger partial charge in [0.25, 0.3) is 6.01 Å². The second kappa shape index (κ2) is 7.25. The number of nitrogens with zero attached hydrogens (tertiary/aromatic N) is 2. The first kappa shape index (κ1) is 14.8. The Morgan fingerprint density at radius 1 is 1.70 bits per heavy atom. The van der Waals surface area contributed by atoms with E-state index in [1.807, 2.05) is 0 Å². The smallest absolute Gasteiger partial charge is 0.357 e. The number of oxazole rings is 1. The summed E-state index contributed by atoms with van der Waals surface area (Å²) < 4.78 is 10.2. The normalized spacial score (nSPS) is 19.9. The maximum atomic E-state index is 10.7. The molecule has 1 aliphatic heterocycles. The van der Waals surface area contributed by atoms with Gasteiger partial charge in [-0.15, -0.1) is 0 Å². The summed E-state index contributed by atoms with van der Waals surface area (Å²) in [7, 11) is 1.71. The SMILES string of the molecule is COCCN1CCCC(CNc2nc(C(=O)O)co2)C1. The van der Waals surface area contributed by atoms with Crippen molar-refractivity contribution in [2.75, 3.05) is 45.2 Å². The van der Waals surface area contributed by atoms with Crippen molar-refractivity contribution in [3.8, 4) is 0 Å². The second-order valence-corrected chi connectivity index (χ2v) is 5.03. The van der Waals surface area contributed by atoms with E-state index >= 15 is 0 Å². The number of methoxy groups -OCH3 is 1. The van der Waals surface area contributed by atoms with E-state index < -0.39 is 5.97 Å². The summed E-state index contributed by atoms with van der Waals surface area (Å²) in [6.45, 7) is 4.57. The number of carbonyl (C=O) groups is 1. The predicted molar refractivity (Wildman–Crippen MR) is 73.0 cm³/mol. The van der Waals surface area contributed by atoms with E-state index in [0.29, 0.717) is 5.92 Å². The lowest BCUT2D eigenvalue weighted by molar-refractivity contribution is 0.0690. The molecule has 1 saturated heterocycles. The Morgan fingerprint density at radius 2 is 2.55 bits per heavy atom. The van der Waals surface area contributed by atoms with E-state index in [4.69, 9.17) is 14.3 Å². The number of anilines is 1. The summed E-state index contributed by atoms with van der Waals surface area (Å²) in [5.41, 5.74) is -0.0714. The van der Waals surface area contributed by atoms with Crippen molar-refractivity contribution in [1.29, 1.82) is 0 Å². The van der Waals surface area contributed by atoms with Crippen LogP contribution in [0.2, 0.25) is 0 Å². The molecule has 0 aliphatic carbocycles. The highest BCUT2D eigenvalue weighted by Crippen LogP contribution is 2.17. The fourth-order valence-electron chi connectivity index (χ4n) is 2.43. The summed E-state index contributed by atoms with van der Waals surface area (Å²) in [5.74, 6) is -0.564. The maximum Gasteiger partial charge on any atom is 0.357 e. The number of piperidine rings is 1. The Morgan fingerprint density at radius 3 is 3.25 bits per heavy atom. The number of carboxylic acids is 1. The first-order chi connectivity index (χ1) is 9.69. The predicted octanol–water partition coefficient (Wildman–Crippen LogP) is 1.14. The van der Waals surface area contributed by atoms with Gasteiger partial charge in [-0.3, -0.25) is 0 Å². The summed E-state index contributed by atoms with van der Waals surface area (Å²) in [5, 5.41) is 11.8. The monoisotopic (exact) mass is 283 g/mol. The molecule has 1 atom stereocenters. The zero-order valence-electron chi connectivity index (χ0n) is 11.7. The van der Waals surface area contributed by atoms with Crippen LogP contribution in [0.5, 0.6) is 0 Å². The average molecular weight is 283 g/mol. The van der Waals surface area contributed by atoms with Crippen molar-refractivity contribution < 1.29 is 19.1 Å². The largest absolute Gasteiger partial charge is 0.476 e. The number of rotatable bonds is 7. The fourth-order valence-corrected chi connectivity index (χ4v) is 2.43. The highest BCUT2D eigenvalue weighted by atomic mass is 16.5. The van der Waals surface area contributed by atoms with Crippen LogP contribution in [0.4, 0.5) is 6.01 Å². The molecule has 7 nitrogen and oxygen atoms in total. The van der Waals surface area contributed by atoms with Crippen molar-refractivity contribution in [2.45, 2.75) is 12.8 Å². The minimum absolute atomic E-state index is 0.0714. The Bertz CT molecular complexity index is 435. The lowest BCUT2D eigenvalue weighted by atomic mass is 9.98. The molecule has 1 fully saturated rings. The Hall–Kier alpha value is -1.60. The number of carboxylic acid groups (broad SMARTS) is 1. The first-order valence-corrected chi connectivity index (χ1v) is 6.83. The highest BCUT2D eigenvalue weighted by molar-refractivity contribution is 5.85. The molecule has 1 aromatic rings. The third kappa shape index (κ3) is 4.21. The van der Waals surface area contributed by atoms with Crippen molar-refractivity contribution in [3.05, 3.63) is 12.0 Å². The minimum Gasteiger partial charge on any atom is -0.476 e. The molecule has 2 N–H and O–H groups in total. The van der Waals surface area contributed by atoms with Crippen molar-refractivity contribution in [2.24, 2.45) is 5.92 Å². The van der Waals surface area contributed by atoms with Gasteiger partial charge in [0.05, 0.1) is 6.61 Å². The summed E-state index contributed by atoms with van der Waals surface area (Å²) in [4.78, 5) is 16.9. The van der Waals surface area contributed by atoms with Crippen LogP contribution >= 0.6 is 0 Å². The molecule has 112 valence electrons. The zero-order chi connectivity index (χ0) is 14.4. The van der Waals surface area contributed by atoms with E-state index in [1.165, 1.54) is 6.42 Å². The molecule has 0 aromatic carbocycles. The minimum atomic E-state index is -1.08. The molecule has 1 aromatic heterocycles. The van der Waals surface area contributed by atoms with Crippen molar-refractivity contribution in [1.82, 2.24) is 9.88 Å². The van der Waals surface area contributed by atoms with Gasteiger partial charge in [-0.25, -0.2) is 4.79 Å². The van der Waals surface area contributed by atoms with E-state index in [1.54, 1.807) is 7.11 Å². The Labute approximate surface area is 117 Å². The molecule has 2 heterocycles. The van der Waals surface area contributed by atoms with E-state index in [9.17, 15) is 4.79 Å². The topological polar surface area (TPSA) is 87.8 Å². The number of likely N-dealkylation sites (tertiary alicyclic amines) is 1. The fraction of sp³-hybridized carbons (Fsp3) is 0.692. The van der Waals surface area contributed by atoms with Gasteiger partial charge in [0, 0.05) is 26.7 Å². The molecular formula is C13H21N3O4. The first-order valence-electron chi connectivity index (χ1n) is 6.83. The molecule has 0 spiro atoms. The van der Waals surface area contributed by atoms with Crippen molar-refractivity contribution >= 4 is 12.0 Å². The van der Waals surface area contributed by atoms with Crippen molar-refractivity contribution in [3.63, 3.8) is 0 Å². The van der Waals surface area contributed by atoms with Gasteiger partial charge in [-0.05, 0) is 25.3 Å². The van der Waals surface area contributed by atoms with Crippen LogP contribution in [0.3, 0.4) is 0 Å². The Kier molecular flexibility index (Phi) is 5.37. The number of hydrogen-bond acceptors (Lipinski definition) is 6. The average Bonchev–Trinajstić information content (AvgIpc) is 2.92. The molecule has 1 aliphatic rings. The number of hydrogen-bond donors (Lipinski definition) is 2. The summed E-state index contributed by atoms with van der Waals surface area (Å²) in [6, 6.07) is 0.274. The second-order valence-electron chi connectivity index (χ2n) is 5.03. The highest BCUT2D eigenvalue weighted by Gasteiger charge is 2.20. The van der Waals surface area contributed by atoms with Gasteiger partial charge < -0.3 is 24.5 Å². The van der Waals surface area contributed by atoms with Gasteiger partial charge in [0.2, 0.25) is 0 Å². The van der Waals surface area contributed by atoms with Crippen LogP contribution in [0.1, 0.15) is 23.3 Å². The molecule has 20 heavy (non-hydrogen) atoms. The maximum absolute atomic E-state index is 10.7. The molecule has 0 amide bonds. The molecule has 0 bridgehead atoms. The molecule has 0 radical (unpaired) electrons. The van der Waals surface area contributed by atoms with Crippen LogP contribution in [0.15, 0.2) is 10.7 Å². The van der Waals surface area contributed by atoms with E-state index in [-0.39, 0.29) is 11.7 Å². The van der Waals surface area contributed by atoms with Crippen LogP contribution in [0.25, 0.3) is 0 Å². The van der Waals surface area contributed by atoms with Gasteiger partial charge in [-0.2, -0.15) is 4.98 Å². The summed E-state index contributed by atoms with van der Waals surface area (Å²) in [6.07, 6.45) is 3.47. The van der Waals surface area contributed by atoms with E-state index in [0.717, 1.165) is 45.5 Å². The third-order valence-electron chi connectivity index (χ3n) is 3.48. The molecule has 2 rings (SSSR count). The quantitative estimate of drug-likeness (QED) is 0.775. The van der Waals surface area contributed by atoms with Gasteiger partial charge in [0.1, 0.15) is 6.26 Å². The lowest BCUT2D eigenvalue weighted by Gasteiger charge is -2.32. The van der Waals surface area contributed by atoms with E-state index in [2.05, 4.69) is 15.2 Å². The number of nitrogens with one attached hydrogen (secondary N) is 1. The van der Waals surface area contributed by atoms with Gasteiger partial charge in [-0.1, -0.05) is 0 Å². The standard InChI is InChI=1S/C13H21N3O4/c1-19-6-5-16-4-2-3-10(8-16)7-14-13-15-11(9-20-13)12(17)18/h9-10H,2-8H2,1H3,(H,14,15)(H,17,18). The molecular weight excluding hydrogens is 262 g/mol. The molecule has 7 heteroatoms.